The number of nitrogens with zero attached hydrogens (tertiary/aromatic N) is 1. The standard InChI is InChI=1S/C16H14ClNO2/c1-18(14-3-2-4-15(19)11-14)16(20)10-7-12-5-8-13(17)9-6-12/h2-11,19H,1H3/b10-7+. The van der Waals surface area contributed by atoms with E-state index < -0.39 is 0 Å². The fourth-order valence-corrected chi connectivity index (χ4v) is 1.81. The molecule has 1 N–H and O–H groups in total. The molecular formula is C16H14ClNO2. The van der Waals surface area contributed by atoms with E-state index in [1.165, 1.54) is 17.0 Å². The molecule has 0 fully saturated rings. The van der Waals surface area contributed by atoms with E-state index in [4.69, 9.17) is 11.6 Å². The highest BCUT2D eigenvalue weighted by atomic mass is 35.5. The second kappa shape index (κ2) is 6.26. The third-order valence-corrected chi connectivity index (χ3v) is 3.09. The number of benzene rings is 2. The molecule has 0 atom stereocenters. The van der Waals surface area contributed by atoms with Gasteiger partial charge in [-0.05, 0) is 35.9 Å². The van der Waals surface area contributed by atoms with E-state index in [9.17, 15) is 9.90 Å². The maximum Gasteiger partial charge on any atom is 0.250 e. The number of phenols is 1. The van der Waals surface area contributed by atoms with Gasteiger partial charge in [0.25, 0.3) is 5.91 Å². The number of rotatable bonds is 3. The molecule has 2 aromatic carbocycles. The van der Waals surface area contributed by atoms with Gasteiger partial charge >= 0.3 is 0 Å². The monoisotopic (exact) mass is 287 g/mol. The van der Waals surface area contributed by atoms with Crippen molar-refractivity contribution in [2.24, 2.45) is 0 Å². The van der Waals surface area contributed by atoms with Crippen molar-refractivity contribution in [3.63, 3.8) is 0 Å². The number of hydrogen-bond donors (Lipinski definition) is 1. The van der Waals surface area contributed by atoms with Crippen LogP contribution >= 0.6 is 11.6 Å². The summed E-state index contributed by atoms with van der Waals surface area (Å²) in [6.07, 6.45) is 3.20. The van der Waals surface area contributed by atoms with Gasteiger partial charge in [0, 0.05) is 29.9 Å². The molecule has 0 aliphatic rings. The van der Waals surface area contributed by atoms with Crippen molar-refractivity contribution in [3.8, 4) is 5.75 Å². The number of carbonyl (C=O) groups excluding carboxylic acids is 1. The van der Waals surface area contributed by atoms with Crippen molar-refractivity contribution < 1.29 is 9.90 Å². The normalized spacial score (nSPS) is 10.7. The molecule has 2 aromatic rings. The largest absolute Gasteiger partial charge is 0.508 e. The molecule has 0 heterocycles. The minimum atomic E-state index is -0.175. The molecule has 0 aromatic heterocycles. The molecule has 0 bridgehead atoms. The minimum absolute atomic E-state index is 0.129. The summed E-state index contributed by atoms with van der Waals surface area (Å²) in [4.78, 5) is 13.5. The molecule has 3 nitrogen and oxygen atoms in total. The smallest absolute Gasteiger partial charge is 0.250 e. The van der Waals surface area contributed by atoms with Crippen molar-refractivity contribution >= 4 is 29.3 Å². The Morgan fingerprint density at radius 1 is 1.20 bits per heavy atom. The number of likely N-dealkylation sites (N-methyl/N-ethyl adjacent to an activating group) is 1. The van der Waals surface area contributed by atoms with Gasteiger partial charge in [-0.2, -0.15) is 0 Å². The highest BCUT2D eigenvalue weighted by Gasteiger charge is 2.07. The first-order valence-electron chi connectivity index (χ1n) is 6.06. The number of amides is 1. The van der Waals surface area contributed by atoms with E-state index in [-0.39, 0.29) is 11.7 Å². The summed E-state index contributed by atoms with van der Waals surface area (Å²) in [6.45, 7) is 0. The van der Waals surface area contributed by atoms with E-state index in [0.717, 1.165) is 5.56 Å². The van der Waals surface area contributed by atoms with Gasteiger partial charge in [-0.1, -0.05) is 29.8 Å². The zero-order valence-electron chi connectivity index (χ0n) is 11.0. The van der Waals surface area contributed by atoms with Crippen LogP contribution in [-0.4, -0.2) is 18.1 Å². The molecule has 0 saturated carbocycles. The SMILES string of the molecule is CN(C(=O)/C=C/c1ccc(Cl)cc1)c1cccc(O)c1. The maximum atomic E-state index is 12.0. The molecule has 1 amide bonds. The average molecular weight is 288 g/mol. The summed E-state index contributed by atoms with van der Waals surface area (Å²) in [7, 11) is 1.66. The van der Waals surface area contributed by atoms with Crippen LogP contribution in [0.2, 0.25) is 5.02 Å². The molecular weight excluding hydrogens is 274 g/mol. The van der Waals surface area contributed by atoms with Crippen LogP contribution in [-0.2, 0) is 4.79 Å². The lowest BCUT2D eigenvalue weighted by atomic mass is 10.2. The van der Waals surface area contributed by atoms with Gasteiger partial charge in [0.05, 0.1) is 0 Å². The quantitative estimate of drug-likeness (QED) is 0.874. The third kappa shape index (κ3) is 3.62. The van der Waals surface area contributed by atoms with Crippen LogP contribution in [0.25, 0.3) is 6.08 Å². The van der Waals surface area contributed by atoms with Crippen molar-refractivity contribution in [3.05, 3.63) is 65.2 Å². The number of carbonyl (C=O) groups is 1. The summed E-state index contributed by atoms with van der Waals surface area (Å²) in [5.41, 5.74) is 1.53. The number of anilines is 1. The van der Waals surface area contributed by atoms with Crippen molar-refractivity contribution in [1.82, 2.24) is 0 Å². The lowest BCUT2D eigenvalue weighted by molar-refractivity contribution is -0.113. The molecule has 0 spiro atoms. The first kappa shape index (κ1) is 14.2. The third-order valence-electron chi connectivity index (χ3n) is 2.84. The Kier molecular flexibility index (Phi) is 4.43. The van der Waals surface area contributed by atoms with Crippen LogP contribution in [0.3, 0.4) is 0 Å². The molecule has 0 aliphatic heterocycles. The van der Waals surface area contributed by atoms with Gasteiger partial charge in [0.1, 0.15) is 5.75 Å². The molecule has 102 valence electrons. The minimum Gasteiger partial charge on any atom is -0.508 e. The topological polar surface area (TPSA) is 40.5 Å². The predicted octanol–water partition coefficient (Wildman–Crippen LogP) is 3.72. The van der Waals surface area contributed by atoms with E-state index in [0.29, 0.717) is 10.7 Å². The van der Waals surface area contributed by atoms with Gasteiger partial charge in [-0.15, -0.1) is 0 Å². The van der Waals surface area contributed by atoms with E-state index in [1.54, 1.807) is 43.5 Å². The number of hydrogen-bond acceptors (Lipinski definition) is 2. The summed E-state index contributed by atoms with van der Waals surface area (Å²) < 4.78 is 0. The van der Waals surface area contributed by atoms with Crippen LogP contribution < -0.4 is 4.90 Å². The van der Waals surface area contributed by atoms with Crippen LogP contribution in [0.1, 0.15) is 5.56 Å². The second-order valence-electron chi connectivity index (χ2n) is 4.30. The zero-order chi connectivity index (χ0) is 14.5. The van der Waals surface area contributed by atoms with Gasteiger partial charge in [0.15, 0.2) is 0 Å². The van der Waals surface area contributed by atoms with Gasteiger partial charge in [0.2, 0.25) is 0 Å². The second-order valence-corrected chi connectivity index (χ2v) is 4.74. The number of halogens is 1. The lowest BCUT2D eigenvalue weighted by Gasteiger charge is -2.15. The Balaban J connectivity index is 2.09. The summed E-state index contributed by atoms with van der Waals surface area (Å²) in [5, 5.41) is 10.1. The molecule has 2 rings (SSSR count). The molecule has 0 saturated heterocycles. The summed E-state index contributed by atoms with van der Waals surface area (Å²) in [6, 6.07) is 13.8. The summed E-state index contributed by atoms with van der Waals surface area (Å²) >= 11 is 5.80. The molecule has 4 heteroatoms. The van der Waals surface area contributed by atoms with E-state index in [1.807, 2.05) is 12.1 Å². The van der Waals surface area contributed by atoms with Gasteiger partial charge in [-0.3, -0.25) is 4.79 Å². The van der Waals surface area contributed by atoms with Crippen molar-refractivity contribution in [1.29, 1.82) is 0 Å². The average Bonchev–Trinajstić information content (AvgIpc) is 2.45. The Morgan fingerprint density at radius 3 is 2.55 bits per heavy atom. The van der Waals surface area contributed by atoms with Gasteiger partial charge < -0.3 is 10.0 Å². The van der Waals surface area contributed by atoms with E-state index in [2.05, 4.69) is 0 Å². The van der Waals surface area contributed by atoms with Crippen LogP contribution in [0, 0.1) is 0 Å². The Morgan fingerprint density at radius 2 is 1.90 bits per heavy atom. The Hall–Kier alpha value is -2.26. The maximum absolute atomic E-state index is 12.0. The van der Waals surface area contributed by atoms with Crippen molar-refractivity contribution in [2.75, 3.05) is 11.9 Å². The molecule has 0 aliphatic carbocycles. The van der Waals surface area contributed by atoms with Crippen LogP contribution in [0.4, 0.5) is 5.69 Å². The Labute approximate surface area is 122 Å². The van der Waals surface area contributed by atoms with Gasteiger partial charge in [-0.25, -0.2) is 0 Å². The summed E-state index contributed by atoms with van der Waals surface area (Å²) in [5.74, 6) is -0.0469. The first-order chi connectivity index (χ1) is 9.56. The van der Waals surface area contributed by atoms with Crippen LogP contribution in [0.15, 0.2) is 54.6 Å². The van der Waals surface area contributed by atoms with Crippen molar-refractivity contribution in [2.45, 2.75) is 0 Å². The fourth-order valence-electron chi connectivity index (χ4n) is 1.68. The fraction of sp³-hybridized carbons (Fsp3) is 0.0625. The molecule has 0 unspecified atom stereocenters. The predicted molar refractivity (Wildman–Crippen MR) is 82.0 cm³/mol. The number of phenolic OH excluding ortho intramolecular Hbond substituents is 1. The highest BCUT2D eigenvalue weighted by Crippen LogP contribution is 2.19. The number of aromatic hydroxyl groups is 1. The highest BCUT2D eigenvalue weighted by molar-refractivity contribution is 6.30. The van der Waals surface area contributed by atoms with E-state index >= 15 is 0 Å². The zero-order valence-corrected chi connectivity index (χ0v) is 11.7. The lowest BCUT2D eigenvalue weighted by Crippen LogP contribution is -2.23. The first-order valence-corrected chi connectivity index (χ1v) is 6.44. The molecule has 20 heavy (non-hydrogen) atoms. The molecule has 0 radical (unpaired) electrons. The Bertz CT molecular complexity index is 635. The van der Waals surface area contributed by atoms with Crippen LogP contribution in [0.5, 0.6) is 5.75 Å².